The monoisotopic (exact) mass is 556 g/mol. The molecule has 1 atom stereocenters. The molecule has 0 aliphatic carbocycles. The molecule has 2 amide bonds. The highest BCUT2D eigenvalue weighted by molar-refractivity contribution is 7.89. The molecule has 3 aliphatic rings. The summed E-state index contributed by atoms with van der Waals surface area (Å²) in [5.74, 6) is 0.522. The number of H-pyrrole nitrogens is 1. The van der Waals surface area contributed by atoms with E-state index in [2.05, 4.69) is 9.97 Å². The van der Waals surface area contributed by atoms with Gasteiger partial charge < -0.3 is 14.7 Å². The molecule has 2 aromatic carbocycles. The van der Waals surface area contributed by atoms with Crippen LogP contribution >= 0.6 is 11.6 Å². The van der Waals surface area contributed by atoms with Crippen molar-refractivity contribution in [1.82, 2.24) is 24.1 Å². The van der Waals surface area contributed by atoms with Gasteiger partial charge >= 0.3 is 6.03 Å². The lowest BCUT2D eigenvalue weighted by atomic mass is 9.87. The predicted octanol–water partition coefficient (Wildman–Crippen LogP) is 2.61. The molecule has 10 nitrogen and oxygen atoms in total. The molecule has 1 aromatic heterocycles. The van der Waals surface area contributed by atoms with E-state index in [1.165, 1.54) is 12.1 Å². The van der Waals surface area contributed by atoms with Crippen molar-refractivity contribution in [3.8, 4) is 0 Å². The van der Waals surface area contributed by atoms with Crippen molar-refractivity contribution in [3.63, 3.8) is 0 Å². The number of amides is 2. The maximum atomic E-state index is 13.4. The van der Waals surface area contributed by atoms with E-state index in [9.17, 15) is 18.0 Å². The second-order valence-electron chi connectivity index (χ2n) is 10.4. The molecular formula is C26H29ClN6O4S. The Hall–Kier alpha value is -3.15. The van der Waals surface area contributed by atoms with Crippen LogP contribution in [0.15, 0.2) is 58.2 Å². The number of aromatic amines is 1. The number of benzene rings is 2. The Balaban J connectivity index is 1.07. The average Bonchev–Trinajstić information content (AvgIpc) is 3.56. The van der Waals surface area contributed by atoms with E-state index in [1.54, 1.807) is 22.5 Å². The van der Waals surface area contributed by atoms with E-state index in [-0.39, 0.29) is 21.9 Å². The molecular weight excluding hydrogens is 528 g/mol. The summed E-state index contributed by atoms with van der Waals surface area (Å²) in [4.78, 5) is 39.2. The van der Waals surface area contributed by atoms with Gasteiger partial charge in [0.1, 0.15) is 0 Å². The summed E-state index contributed by atoms with van der Waals surface area (Å²) in [6.07, 6.45) is 1.52. The zero-order valence-corrected chi connectivity index (χ0v) is 22.4. The molecule has 1 N–H and O–H groups in total. The number of halogens is 1. The van der Waals surface area contributed by atoms with Gasteiger partial charge in [-0.2, -0.15) is 4.31 Å². The van der Waals surface area contributed by atoms with Gasteiger partial charge in [0.2, 0.25) is 16.0 Å². The smallest absolute Gasteiger partial charge is 0.320 e. The number of fused-ring (bicyclic) bond motifs is 1. The molecule has 3 fully saturated rings. The van der Waals surface area contributed by atoms with Crippen LogP contribution in [-0.4, -0.2) is 90.9 Å². The van der Waals surface area contributed by atoms with Crippen molar-refractivity contribution in [2.75, 3.05) is 57.3 Å². The van der Waals surface area contributed by atoms with Crippen LogP contribution in [0, 0.1) is 5.41 Å². The van der Waals surface area contributed by atoms with Crippen LogP contribution in [0.4, 0.5) is 10.7 Å². The molecule has 3 aromatic rings. The number of para-hydroxylation sites is 1. The van der Waals surface area contributed by atoms with Gasteiger partial charge in [0, 0.05) is 62.8 Å². The lowest BCUT2D eigenvalue weighted by Gasteiger charge is -2.37. The number of sulfonamides is 1. The molecule has 0 radical (unpaired) electrons. The van der Waals surface area contributed by atoms with Crippen LogP contribution in [0.25, 0.3) is 10.9 Å². The molecule has 38 heavy (non-hydrogen) atoms. The standard InChI is InChI=1S/C26H29ClN6O4S/c27-19-5-7-20(8-6-19)38(36,37)33-12-10-26(18-33)9-11-32(17-26)25(35)31-15-13-30(14-16-31)24-28-22-4-2-1-3-21(22)23(34)29-24/h1-8H,9-18H2,(H,28,29,34). The van der Waals surface area contributed by atoms with Crippen molar-refractivity contribution >= 4 is 44.5 Å². The highest BCUT2D eigenvalue weighted by Gasteiger charge is 2.48. The first-order valence-electron chi connectivity index (χ1n) is 12.8. The van der Waals surface area contributed by atoms with Crippen molar-refractivity contribution in [3.05, 3.63) is 63.9 Å². The fraction of sp³-hybridized carbons (Fsp3) is 0.423. The van der Waals surface area contributed by atoms with Crippen molar-refractivity contribution in [2.45, 2.75) is 17.7 Å². The third-order valence-corrected chi connectivity index (χ3v) is 10.1. The molecule has 1 unspecified atom stereocenters. The number of hydrogen-bond acceptors (Lipinski definition) is 6. The second-order valence-corrected chi connectivity index (χ2v) is 12.8. The zero-order valence-electron chi connectivity index (χ0n) is 20.8. The summed E-state index contributed by atoms with van der Waals surface area (Å²) in [5, 5.41) is 1.05. The normalized spacial score (nSPS) is 22.6. The Morgan fingerprint density at radius 1 is 0.895 bits per heavy atom. The number of carbonyl (C=O) groups excluding carboxylic acids is 1. The second kappa shape index (κ2) is 9.55. The first-order valence-corrected chi connectivity index (χ1v) is 14.6. The third-order valence-electron chi connectivity index (χ3n) is 8.01. The van der Waals surface area contributed by atoms with Crippen molar-refractivity contribution < 1.29 is 13.2 Å². The fourth-order valence-electron chi connectivity index (χ4n) is 5.82. The minimum absolute atomic E-state index is 0.0134. The van der Waals surface area contributed by atoms with Gasteiger partial charge in [-0.15, -0.1) is 0 Å². The number of carbonyl (C=O) groups is 1. The molecule has 6 rings (SSSR count). The molecule has 3 aliphatic heterocycles. The predicted molar refractivity (Wildman–Crippen MR) is 145 cm³/mol. The SMILES string of the molecule is O=C(N1CCN(c2nc3ccccc3c(=O)[nH]2)CC1)N1CCC2(CCN(S(=O)(=O)c3ccc(Cl)cc3)C2)C1. The summed E-state index contributed by atoms with van der Waals surface area (Å²) in [7, 11) is -3.60. The number of nitrogens with one attached hydrogen (secondary N) is 1. The minimum Gasteiger partial charge on any atom is -0.339 e. The number of hydrogen-bond donors (Lipinski definition) is 1. The number of likely N-dealkylation sites (tertiary alicyclic amines) is 1. The topological polar surface area (TPSA) is 110 Å². The summed E-state index contributed by atoms with van der Waals surface area (Å²) in [6, 6.07) is 13.5. The van der Waals surface area contributed by atoms with Gasteiger partial charge in [-0.05, 0) is 49.2 Å². The Morgan fingerprint density at radius 2 is 1.61 bits per heavy atom. The van der Waals surface area contributed by atoms with Crippen LogP contribution in [0.3, 0.4) is 0 Å². The first kappa shape index (κ1) is 25.1. The Morgan fingerprint density at radius 3 is 2.37 bits per heavy atom. The Kier molecular flexibility index (Phi) is 6.32. The number of urea groups is 1. The Labute approximate surface area is 225 Å². The molecule has 0 bridgehead atoms. The van der Waals surface area contributed by atoms with E-state index in [4.69, 9.17) is 11.6 Å². The summed E-state index contributed by atoms with van der Waals surface area (Å²) in [6.45, 7) is 4.22. The number of nitrogens with zero attached hydrogens (tertiary/aromatic N) is 5. The van der Waals surface area contributed by atoms with E-state index in [0.29, 0.717) is 74.2 Å². The zero-order chi connectivity index (χ0) is 26.5. The number of aromatic nitrogens is 2. The maximum absolute atomic E-state index is 13.4. The molecule has 12 heteroatoms. The molecule has 3 saturated heterocycles. The lowest BCUT2D eigenvalue weighted by Crippen LogP contribution is -2.53. The number of piperazine rings is 1. The van der Waals surface area contributed by atoms with Crippen LogP contribution < -0.4 is 10.5 Å². The largest absolute Gasteiger partial charge is 0.339 e. The summed E-state index contributed by atoms with van der Waals surface area (Å²) >= 11 is 5.93. The first-order chi connectivity index (χ1) is 18.2. The van der Waals surface area contributed by atoms with E-state index >= 15 is 0 Å². The lowest BCUT2D eigenvalue weighted by molar-refractivity contribution is 0.153. The number of anilines is 1. The van der Waals surface area contributed by atoms with Gasteiger partial charge in [0.15, 0.2) is 0 Å². The van der Waals surface area contributed by atoms with E-state index in [1.807, 2.05) is 32.9 Å². The summed E-state index contributed by atoms with van der Waals surface area (Å²) in [5.41, 5.74) is 0.261. The van der Waals surface area contributed by atoms with Gasteiger partial charge in [0.25, 0.3) is 5.56 Å². The van der Waals surface area contributed by atoms with Crippen LogP contribution in [0.5, 0.6) is 0 Å². The van der Waals surface area contributed by atoms with Gasteiger partial charge in [-0.25, -0.2) is 18.2 Å². The molecule has 4 heterocycles. The minimum atomic E-state index is -3.60. The van der Waals surface area contributed by atoms with E-state index < -0.39 is 10.0 Å². The third kappa shape index (κ3) is 4.52. The summed E-state index contributed by atoms with van der Waals surface area (Å²) < 4.78 is 27.8. The van der Waals surface area contributed by atoms with Gasteiger partial charge in [0.05, 0.1) is 15.8 Å². The Bertz CT molecular complexity index is 1540. The molecule has 0 saturated carbocycles. The van der Waals surface area contributed by atoms with Crippen molar-refractivity contribution in [2.24, 2.45) is 5.41 Å². The van der Waals surface area contributed by atoms with Crippen LogP contribution in [0.2, 0.25) is 5.02 Å². The van der Waals surface area contributed by atoms with E-state index in [0.717, 1.165) is 12.8 Å². The van der Waals surface area contributed by atoms with Crippen LogP contribution in [0.1, 0.15) is 12.8 Å². The van der Waals surface area contributed by atoms with Crippen molar-refractivity contribution in [1.29, 1.82) is 0 Å². The molecule has 1 spiro atoms. The van der Waals surface area contributed by atoms with Crippen LogP contribution in [-0.2, 0) is 10.0 Å². The highest BCUT2D eigenvalue weighted by atomic mass is 35.5. The number of rotatable bonds is 3. The average molecular weight is 557 g/mol. The van der Waals surface area contributed by atoms with Gasteiger partial charge in [-0.1, -0.05) is 23.7 Å². The quantitative estimate of drug-likeness (QED) is 0.531. The van der Waals surface area contributed by atoms with Gasteiger partial charge in [-0.3, -0.25) is 9.78 Å². The highest BCUT2D eigenvalue weighted by Crippen LogP contribution is 2.41. The fourth-order valence-corrected chi connectivity index (χ4v) is 7.50. The molecule has 200 valence electrons. The maximum Gasteiger partial charge on any atom is 0.320 e.